The van der Waals surface area contributed by atoms with Crippen molar-refractivity contribution in [2.24, 2.45) is 0 Å². The van der Waals surface area contributed by atoms with Crippen molar-refractivity contribution in [1.29, 1.82) is 0 Å². The predicted octanol–water partition coefficient (Wildman–Crippen LogP) is 4.76. The molecule has 20 heavy (non-hydrogen) atoms. The molecule has 0 spiro atoms. The quantitative estimate of drug-likeness (QED) is 0.812. The SMILES string of the molecule is CC(C)(C)[Si](C)(C)O[C@@H]1CNC(c2ccc(Cl)cc2)C1. The van der Waals surface area contributed by atoms with Gasteiger partial charge in [0.25, 0.3) is 0 Å². The van der Waals surface area contributed by atoms with Crippen molar-refractivity contribution in [2.45, 2.75) is 57.5 Å². The molecule has 1 heterocycles. The van der Waals surface area contributed by atoms with Crippen molar-refractivity contribution >= 4 is 19.9 Å². The van der Waals surface area contributed by atoms with Crippen LogP contribution in [0.25, 0.3) is 0 Å². The molecule has 1 aliphatic heterocycles. The Morgan fingerprint density at radius 3 is 2.35 bits per heavy atom. The summed E-state index contributed by atoms with van der Waals surface area (Å²) in [6.45, 7) is 12.5. The first-order valence-corrected chi connectivity index (χ1v) is 10.6. The number of halogens is 1. The topological polar surface area (TPSA) is 21.3 Å². The van der Waals surface area contributed by atoms with Crippen LogP contribution < -0.4 is 5.32 Å². The van der Waals surface area contributed by atoms with Gasteiger partial charge in [0.05, 0.1) is 6.10 Å². The maximum absolute atomic E-state index is 6.49. The fourth-order valence-electron chi connectivity index (χ4n) is 2.34. The molecule has 1 fully saturated rings. The summed E-state index contributed by atoms with van der Waals surface area (Å²) in [5, 5.41) is 4.63. The lowest BCUT2D eigenvalue weighted by Crippen LogP contribution is -2.44. The molecule has 0 amide bonds. The number of hydrogen-bond acceptors (Lipinski definition) is 2. The third kappa shape index (κ3) is 3.64. The summed E-state index contributed by atoms with van der Waals surface area (Å²) in [5.41, 5.74) is 1.30. The minimum absolute atomic E-state index is 0.269. The lowest BCUT2D eigenvalue weighted by molar-refractivity contribution is 0.197. The lowest BCUT2D eigenvalue weighted by Gasteiger charge is -2.38. The molecular weight excluding hydrogens is 286 g/mol. The maximum Gasteiger partial charge on any atom is 0.192 e. The average Bonchev–Trinajstić information content (AvgIpc) is 2.76. The van der Waals surface area contributed by atoms with Gasteiger partial charge < -0.3 is 9.74 Å². The third-order valence-corrected chi connectivity index (χ3v) is 9.42. The predicted molar refractivity (Wildman–Crippen MR) is 88.9 cm³/mol. The van der Waals surface area contributed by atoms with E-state index in [1.807, 2.05) is 12.1 Å². The van der Waals surface area contributed by atoms with Crippen LogP contribution in [0, 0.1) is 0 Å². The second-order valence-electron chi connectivity index (χ2n) is 7.25. The molecule has 0 aromatic heterocycles. The summed E-state index contributed by atoms with van der Waals surface area (Å²) in [5.74, 6) is 0. The second kappa shape index (κ2) is 5.80. The zero-order chi connectivity index (χ0) is 15.0. The van der Waals surface area contributed by atoms with Crippen molar-refractivity contribution in [1.82, 2.24) is 5.32 Å². The summed E-state index contributed by atoms with van der Waals surface area (Å²) in [6.07, 6.45) is 1.38. The van der Waals surface area contributed by atoms with Gasteiger partial charge in [0, 0.05) is 17.6 Å². The number of nitrogens with one attached hydrogen (secondary N) is 1. The van der Waals surface area contributed by atoms with Gasteiger partial charge in [-0.15, -0.1) is 0 Å². The largest absolute Gasteiger partial charge is 0.413 e. The van der Waals surface area contributed by atoms with Crippen molar-refractivity contribution in [3.63, 3.8) is 0 Å². The van der Waals surface area contributed by atoms with Gasteiger partial charge in [0.15, 0.2) is 8.32 Å². The van der Waals surface area contributed by atoms with Gasteiger partial charge in [0.2, 0.25) is 0 Å². The molecule has 112 valence electrons. The van der Waals surface area contributed by atoms with E-state index in [2.05, 4.69) is 51.3 Å². The van der Waals surface area contributed by atoms with Gasteiger partial charge in [-0.25, -0.2) is 0 Å². The molecule has 0 bridgehead atoms. The van der Waals surface area contributed by atoms with Gasteiger partial charge in [-0.3, -0.25) is 0 Å². The Morgan fingerprint density at radius 2 is 1.80 bits per heavy atom. The van der Waals surface area contributed by atoms with Crippen molar-refractivity contribution < 1.29 is 4.43 Å². The molecule has 0 radical (unpaired) electrons. The highest BCUT2D eigenvalue weighted by Crippen LogP contribution is 2.39. The van der Waals surface area contributed by atoms with Crippen molar-refractivity contribution in [3.05, 3.63) is 34.9 Å². The Kier molecular flexibility index (Phi) is 4.65. The second-order valence-corrected chi connectivity index (χ2v) is 12.4. The highest BCUT2D eigenvalue weighted by atomic mass is 35.5. The van der Waals surface area contributed by atoms with Gasteiger partial charge >= 0.3 is 0 Å². The molecule has 1 aromatic carbocycles. The van der Waals surface area contributed by atoms with E-state index < -0.39 is 8.32 Å². The van der Waals surface area contributed by atoms with Gasteiger partial charge in [0.1, 0.15) is 0 Å². The van der Waals surface area contributed by atoms with Gasteiger partial charge in [-0.2, -0.15) is 0 Å². The third-order valence-electron chi connectivity index (χ3n) is 4.63. The molecular formula is C16H26ClNOSi. The number of rotatable bonds is 3. The average molecular weight is 312 g/mol. The molecule has 1 N–H and O–H groups in total. The van der Waals surface area contributed by atoms with Crippen LogP contribution >= 0.6 is 11.6 Å². The van der Waals surface area contributed by atoms with E-state index in [0.717, 1.165) is 18.0 Å². The highest BCUT2D eigenvalue weighted by Gasteiger charge is 2.40. The molecule has 1 aliphatic rings. The zero-order valence-electron chi connectivity index (χ0n) is 13.2. The van der Waals surface area contributed by atoms with E-state index in [0.29, 0.717) is 12.1 Å². The first-order chi connectivity index (χ1) is 9.19. The van der Waals surface area contributed by atoms with E-state index in [1.165, 1.54) is 5.56 Å². The van der Waals surface area contributed by atoms with Gasteiger partial charge in [-0.05, 0) is 42.2 Å². The van der Waals surface area contributed by atoms with E-state index in [9.17, 15) is 0 Å². The van der Waals surface area contributed by atoms with E-state index in [4.69, 9.17) is 16.0 Å². The van der Waals surface area contributed by atoms with Crippen LogP contribution in [-0.2, 0) is 4.43 Å². The summed E-state index contributed by atoms with van der Waals surface area (Å²) < 4.78 is 6.49. The fourth-order valence-corrected chi connectivity index (χ4v) is 3.83. The molecule has 2 atom stereocenters. The molecule has 1 aromatic rings. The Morgan fingerprint density at radius 1 is 1.20 bits per heavy atom. The minimum Gasteiger partial charge on any atom is -0.413 e. The standard InChI is InChI=1S/C16H26ClNOSi/c1-16(2,3)20(4,5)19-14-10-15(18-11-14)12-6-8-13(17)9-7-12/h6-9,14-15,18H,10-11H2,1-5H3/t14-,15?/m0/s1. The zero-order valence-corrected chi connectivity index (χ0v) is 14.9. The molecule has 2 nitrogen and oxygen atoms in total. The van der Waals surface area contributed by atoms with E-state index in [1.54, 1.807) is 0 Å². The molecule has 4 heteroatoms. The van der Waals surface area contributed by atoms with Crippen LogP contribution in [0.2, 0.25) is 23.2 Å². The molecule has 1 saturated heterocycles. The Bertz CT molecular complexity index is 453. The summed E-state index contributed by atoms with van der Waals surface area (Å²) in [4.78, 5) is 0. The smallest absolute Gasteiger partial charge is 0.192 e. The molecule has 0 aliphatic carbocycles. The monoisotopic (exact) mass is 311 g/mol. The van der Waals surface area contributed by atoms with E-state index >= 15 is 0 Å². The summed E-state index contributed by atoms with van der Waals surface area (Å²) >= 11 is 5.94. The fraction of sp³-hybridized carbons (Fsp3) is 0.625. The molecule has 0 saturated carbocycles. The van der Waals surface area contributed by atoms with Crippen molar-refractivity contribution in [3.8, 4) is 0 Å². The Labute approximate surface area is 129 Å². The number of benzene rings is 1. The Hall–Kier alpha value is -0.353. The van der Waals surface area contributed by atoms with Crippen molar-refractivity contribution in [2.75, 3.05) is 6.54 Å². The molecule has 1 unspecified atom stereocenters. The highest BCUT2D eigenvalue weighted by molar-refractivity contribution is 6.74. The normalized spacial score (nSPS) is 24.1. The minimum atomic E-state index is -1.67. The maximum atomic E-state index is 6.49. The van der Waals surface area contributed by atoms with E-state index in [-0.39, 0.29) is 5.04 Å². The van der Waals surface area contributed by atoms with Crippen LogP contribution in [-0.4, -0.2) is 21.0 Å². The summed E-state index contributed by atoms with van der Waals surface area (Å²) in [6, 6.07) is 8.52. The first kappa shape index (κ1) is 16.0. The molecule has 2 rings (SSSR count). The lowest BCUT2D eigenvalue weighted by atomic mass is 10.1. The van der Waals surface area contributed by atoms with Crippen LogP contribution in [0.1, 0.15) is 38.8 Å². The first-order valence-electron chi connectivity index (χ1n) is 7.36. The Balaban J connectivity index is 1.98. The van der Waals surface area contributed by atoms with Crippen LogP contribution in [0.15, 0.2) is 24.3 Å². The van der Waals surface area contributed by atoms with Crippen LogP contribution in [0.5, 0.6) is 0 Å². The number of hydrogen-bond donors (Lipinski definition) is 1. The summed E-state index contributed by atoms with van der Waals surface area (Å²) in [7, 11) is -1.67. The van der Waals surface area contributed by atoms with Gasteiger partial charge in [-0.1, -0.05) is 44.5 Å². The van der Waals surface area contributed by atoms with Crippen LogP contribution in [0.3, 0.4) is 0 Å². The van der Waals surface area contributed by atoms with Crippen LogP contribution in [0.4, 0.5) is 0 Å².